The fraction of sp³-hybridized carbons (Fsp3) is 0.0833. The first-order valence-electron chi connectivity index (χ1n) is 9.13. The molecule has 0 saturated heterocycles. The van der Waals surface area contributed by atoms with E-state index in [0.29, 0.717) is 22.3 Å². The minimum absolute atomic E-state index is 0.0858. The van der Waals surface area contributed by atoms with Gasteiger partial charge in [-0.2, -0.15) is 0 Å². The van der Waals surface area contributed by atoms with Crippen LogP contribution in [-0.2, 0) is 0 Å². The maximum absolute atomic E-state index is 12.5. The molecule has 0 saturated carbocycles. The van der Waals surface area contributed by atoms with Crippen molar-refractivity contribution in [3.8, 4) is 11.3 Å². The van der Waals surface area contributed by atoms with Crippen LogP contribution in [0, 0.1) is 13.8 Å². The number of nitrogens with one attached hydrogen (secondary N) is 1. The highest BCUT2D eigenvalue weighted by molar-refractivity contribution is 9.10. The summed E-state index contributed by atoms with van der Waals surface area (Å²) in [5, 5.41) is 3.46. The molecule has 0 aliphatic rings. The Morgan fingerprint density at radius 3 is 2.41 bits per heavy atom. The fourth-order valence-corrected chi connectivity index (χ4v) is 3.37. The van der Waals surface area contributed by atoms with Gasteiger partial charge in [-0.05, 0) is 61.9 Å². The third kappa shape index (κ3) is 4.00. The standard InChI is InChI=1S/C24H18BrNO3/c1-14-3-10-22-19(11-14)21(27)13-23(29-22)16-4-6-17(7-5-16)24(28)26-18-8-9-20(25)15(2)12-18/h3-13H,1-2H3,(H,26,28). The molecule has 0 aliphatic heterocycles. The van der Waals surface area contributed by atoms with E-state index in [1.54, 1.807) is 30.3 Å². The average Bonchev–Trinajstić information content (AvgIpc) is 2.71. The predicted molar refractivity (Wildman–Crippen MR) is 119 cm³/mol. The largest absolute Gasteiger partial charge is 0.456 e. The van der Waals surface area contributed by atoms with Crippen LogP contribution in [0.2, 0.25) is 0 Å². The van der Waals surface area contributed by atoms with E-state index in [2.05, 4.69) is 21.2 Å². The normalized spacial score (nSPS) is 10.9. The number of fused-ring (bicyclic) bond motifs is 1. The summed E-state index contributed by atoms with van der Waals surface area (Å²) in [7, 11) is 0. The smallest absolute Gasteiger partial charge is 0.255 e. The molecule has 4 rings (SSSR count). The summed E-state index contributed by atoms with van der Waals surface area (Å²) in [4.78, 5) is 25.0. The van der Waals surface area contributed by atoms with Gasteiger partial charge in [0.2, 0.25) is 0 Å². The summed E-state index contributed by atoms with van der Waals surface area (Å²) in [6.07, 6.45) is 0. The maximum Gasteiger partial charge on any atom is 0.255 e. The number of rotatable bonds is 3. The highest BCUT2D eigenvalue weighted by Crippen LogP contribution is 2.24. The first kappa shape index (κ1) is 19.2. The number of aryl methyl sites for hydroxylation is 2. The second-order valence-corrected chi connectivity index (χ2v) is 7.82. The number of anilines is 1. The Morgan fingerprint density at radius 1 is 0.931 bits per heavy atom. The van der Waals surface area contributed by atoms with Crippen molar-refractivity contribution in [3.05, 3.63) is 98.1 Å². The quantitative estimate of drug-likeness (QED) is 0.413. The van der Waals surface area contributed by atoms with Crippen molar-refractivity contribution >= 4 is 38.5 Å². The summed E-state index contributed by atoms with van der Waals surface area (Å²) in [5.74, 6) is 0.274. The monoisotopic (exact) mass is 447 g/mol. The van der Waals surface area contributed by atoms with Gasteiger partial charge in [-0.15, -0.1) is 0 Å². The minimum atomic E-state index is -0.200. The number of benzene rings is 3. The minimum Gasteiger partial charge on any atom is -0.456 e. The van der Waals surface area contributed by atoms with E-state index in [1.165, 1.54) is 6.07 Å². The highest BCUT2D eigenvalue weighted by atomic mass is 79.9. The van der Waals surface area contributed by atoms with Crippen molar-refractivity contribution in [3.63, 3.8) is 0 Å². The fourth-order valence-electron chi connectivity index (χ4n) is 3.12. The zero-order chi connectivity index (χ0) is 20.5. The Balaban J connectivity index is 1.59. The Hall–Kier alpha value is -3.18. The lowest BCUT2D eigenvalue weighted by molar-refractivity contribution is 0.102. The van der Waals surface area contributed by atoms with E-state index in [4.69, 9.17) is 4.42 Å². The van der Waals surface area contributed by atoms with E-state index >= 15 is 0 Å². The Morgan fingerprint density at radius 2 is 1.69 bits per heavy atom. The number of hydrogen-bond acceptors (Lipinski definition) is 3. The molecular weight excluding hydrogens is 430 g/mol. The number of carbonyl (C=O) groups is 1. The second kappa shape index (κ2) is 7.68. The third-order valence-electron chi connectivity index (χ3n) is 4.73. The summed E-state index contributed by atoms with van der Waals surface area (Å²) >= 11 is 3.45. The van der Waals surface area contributed by atoms with Crippen LogP contribution in [0.5, 0.6) is 0 Å². The van der Waals surface area contributed by atoms with Crippen LogP contribution in [0.4, 0.5) is 5.69 Å². The second-order valence-electron chi connectivity index (χ2n) is 6.97. The van der Waals surface area contributed by atoms with Crippen LogP contribution in [0.1, 0.15) is 21.5 Å². The Labute approximate surface area is 176 Å². The van der Waals surface area contributed by atoms with Crippen molar-refractivity contribution < 1.29 is 9.21 Å². The van der Waals surface area contributed by atoms with Crippen molar-refractivity contribution in [1.82, 2.24) is 0 Å². The molecule has 4 aromatic rings. The van der Waals surface area contributed by atoms with Crippen LogP contribution < -0.4 is 10.7 Å². The molecule has 0 spiro atoms. The SMILES string of the molecule is Cc1ccc2oc(-c3ccc(C(=O)Nc4ccc(Br)c(C)c4)cc3)cc(=O)c2c1. The van der Waals surface area contributed by atoms with E-state index in [0.717, 1.165) is 26.9 Å². The molecule has 1 aromatic heterocycles. The van der Waals surface area contributed by atoms with Gasteiger partial charge in [-0.3, -0.25) is 9.59 Å². The van der Waals surface area contributed by atoms with Gasteiger partial charge in [0.1, 0.15) is 11.3 Å². The lowest BCUT2D eigenvalue weighted by atomic mass is 10.1. The third-order valence-corrected chi connectivity index (χ3v) is 5.62. The topological polar surface area (TPSA) is 59.3 Å². The lowest BCUT2D eigenvalue weighted by Gasteiger charge is -2.08. The van der Waals surface area contributed by atoms with Gasteiger partial charge in [0.05, 0.1) is 5.39 Å². The number of hydrogen-bond donors (Lipinski definition) is 1. The van der Waals surface area contributed by atoms with Gasteiger partial charge in [-0.1, -0.05) is 39.7 Å². The van der Waals surface area contributed by atoms with Gasteiger partial charge >= 0.3 is 0 Å². The Bertz CT molecular complexity index is 1290. The molecule has 0 bridgehead atoms. The van der Waals surface area contributed by atoms with Crippen LogP contribution in [-0.4, -0.2) is 5.91 Å². The molecule has 5 heteroatoms. The number of amides is 1. The number of halogens is 1. The highest BCUT2D eigenvalue weighted by Gasteiger charge is 2.10. The average molecular weight is 448 g/mol. The van der Waals surface area contributed by atoms with Crippen molar-refractivity contribution in [2.45, 2.75) is 13.8 Å². The molecule has 0 fully saturated rings. The summed E-state index contributed by atoms with van der Waals surface area (Å²) < 4.78 is 6.89. The first-order valence-corrected chi connectivity index (χ1v) is 9.92. The summed E-state index contributed by atoms with van der Waals surface area (Å²) in [5.41, 5.74) is 4.50. The van der Waals surface area contributed by atoms with E-state index in [-0.39, 0.29) is 11.3 Å². The molecule has 3 aromatic carbocycles. The molecule has 29 heavy (non-hydrogen) atoms. The van der Waals surface area contributed by atoms with Crippen LogP contribution in [0.15, 0.2) is 80.4 Å². The van der Waals surface area contributed by atoms with Crippen molar-refractivity contribution in [2.24, 2.45) is 0 Å². The molecule has 0 radical (unpaired) electrons. The van der Waals surface area contributed by atoms with Gasteiger partial charge in [-0.25, -0.2) is 0 Å². The lowest BCUT2D eigenvalue weighted by Crippen LogP contribution is -2.11. The van der Waals surface area contributed by atoms with E-state index in [1.807, 2.05) is 44.2 Å². The maximum atomic E-state index is 12.5. The summed E-state index contributed by atoms with van der Waals surface area (Å²) in [6, 6.07) is 19.7. The first-order chi connectivity index (χ1) is 13.9. The van der Waals surface area contributed by atoms with Gasteiger partial charge in [0.15, 0.2) is 5.43 Å². The molecule has 144 valence electrons. The molecule has 4 nitrogen and oxygen atoms in total. The molecule has 0 aliphatic carbocycles. The van der Waals surface area contributed by atoms with E-state index < -0.39 is 0 Å². The zero-order valence-electron chi connectivity index (χ0n) is 16.0. The predicted octanol–water partition coefficient (Wildman–Crippen LogP) is 6.09. The van der Waals surface area contributed by atoms with Gasteiger partial charge in [0, 0.05) is 27.4 Å². The van der Waals surface area contributed by atoms with Crippen molar-refractivity contribution in [2.75, 3.05) is 5.32 Å². The molecule has 1 amide bonds. The molecule has 1 heterocycles. The Kier molecular flexibility index (Phi) is 5.07. The van der Waals surface area contributed by atoms with Crippen LogP contribution >= 0.6 is 15.9 Å². The number of carbonyl (C=O) groups excluding carboxylic acids is 1. The molecule has 0 unspecified atom stereocenters. The molecular formula is C24H18BrNO3. The van der Waals surface area contributed by atoms with Gasteiger partial charge in [0.25, 0.3) is 5.91 Å². The summed E-state index contributed by atoms with van der Waals surface area (Å²) in [6.45, 7) is 3.90. The van der Waals surface area contributed by atoms with Crippen molar-refractivity contribution in [1.29, 1.82) is 0 Å². The van der Waals surface area contributed by atoms with E-state index in [9.17, 15) is 9.59 Å². The molecule has 0 atom stereocenters. The van der Waals surface area contributed by atoms with Gasteiger partial charge < -0.3 is 9.73 Å². The van der Waals surface area contributed by atoms with Crippen LogP contribution in [0.25, 0.3) is 22.3 Å². The molecule has 1 N–H and O–H groups in total. The zero-order valence-corrected chi connectivity index (χ0v) is 17.5. The van der Waals surface area contributed by atoms with Crippen LogP contribution in [0.3, 0.4) is 0 Å².